The van der Waals surface area contributed by atoms with Crippen LogP contribution >= 0.6 is 23.2 Å². The van der Waals surface area contributed by atoms with E-state index in [9.17, 15) is 0 Å². The molecule has 1 heterocycles. The van der Waals surface area contributed by atoms with Crippen molar-refractivity contribution < 1.29 is 0 Å². The predicted octanol–water partition coefficient (Wildman–Crippen LogP) is 1.99. The lowest BCUT2D eigenvalue weighted by Gasteiger charge is -2.06. The molecule has 2 aromatic rings. The van der Waals surface area contributed by atoms with Crippen molar-refractivity contribution in [2.45, 2.75) is 13.0 Å². The molecule has 4 N–H and O–H groups in total. The van der Waals surface area contributed by atoms with Crippen molar-refractivity contribution in [3.63, 3.8) is 0 Å². The molecule has 0 atom stereocenters. The van der Waals surface area contributed by atoms with E-state index < -0.39 is 0 Å². The monoisotopic (exact) mass is 271 g/mol. The summed E-state index contributed by atoms with van der Waals surface area (Å²) < 4.78 is 1.64. The van der Waals surface area contributed by atoms with Gasteiger partial charge in [-0.05, 0) is 24.1 Å². The fraction of sp³-hybridized carbons (Fsp3) is 0.200. The van der Waals surface area contributed by atoms with Gasteiger partial charge in [0, 0.05) is 6.54 Å². The van der Waals surface area contributed by atoms with Crippen LogP contribution < -0.4 is 11.5 Å². The van der Waals surface area contributed by atoms with Crippen LogP contribution in [0.2, 0.25) is 10.0 Å². The van der Waals surface area contributed by atoms with Crippen molar-refractivity contribution in [1.82, 2.24) is 14.8 Å². The molecule has 0 spiro atoms. The molecule has 5 nitrogen and oxygen atoms in total. The topological polar surface area (TPSA) is 82.8 Å². The SMILES string of the molecule is Nc1nnc(N)n1CCc1ccc(Cl)c(Cl)c1. The molecule has 0 fully saturated rings. The van der Waals surface area contributed by atoms with Gasteiger partial charge in [0.2, 0.25) is 11.9 Å². The van der Waals surface area contributed by atoms with Crippen LogP contribution in [0.25, 0.3) is 0 Å². The molecule has 0 radical (unpaired) electrons. The summed E-state index contributed by atoms with van der Waals surface area (Å²) in [7, 11) is 0. The van der Waals surface area contributed by atoms with Crippen LogP contribution in [0.4, 0.5) is 11.9 Å². The summed E-state index contributed by atoms with van der Waals surface area (Å²) in [6, 6.07) is 5.49. The van der Waals surface area contributed by atoms with E-state index in [2.05, 4.69) is 10.2 Å². The van der Waals surface area contributed by atoms with Gasteiger partial charge in [-0.1, -0.05) is 29.3 Å². The summed E-state index contributed by atoms with van der Waals surface area (Å²) in [4.78, 5) is 0. The van der Waals surface area contributed by atoms with Crippen molar-refractivity contribution in [3.05, 3.63) is 33.8 Å². The number of benzene rings is 1. The first kappa shape index (κ1) is 12.0. The molecule has 1 aromatic heterocycles. The molecule has 17 heavy (non-hydrogen) atoms. The Morgan fingerprint density at radius 1 is 1.06 bits per heavy atom. The Morgan fingerprint density at radius 3 is 2.29 bits per heavy atom. The molecular formula is C10H11Cl2N5. The minimum Gasteiger partial charge on any atom is -0.368 e. The van der Waals surface area contributed by atoms with Gasteiger partial charge < -0.3 is 11.5 Å². The summed E-state index contributed by atoms with van der Waals surface area (Å²) in [5.41, 5.74) is 12.3. The maximum atomic E-state index is 5.92. The molecule has 0 aliphatic carbocycles. The van der Waals surface area contributed by atoms with E-state index in [0.29, 0.717) is 28.5 Å². The van der Waals surface area contributed by atoms with E-state index in [-0.39, 0.29) is 0 Å². The van der Waals surface area contributed by atoms with Crippen molar-refractivity contribution >= 4 is 35.1 Å². The van der Waals surface area contributed by atoms with Crippen LogP contribution in [0.15, 0.2) is 18.2 Å². The van der Waals surface area contributed by atoms with Gasteiger partial charge in [0.15, 0.2) is 0 Å². The molecule has 0 unspecified atom stereocenters. The molecule has 0 aliphatic heterocycles. The summed E-state index contributed by atoms with van der Waals surface area (Å²) in [6.45, 7) is 0.600. The number of nitrogens with zero attached hydrogens (tertiary/aromatic N) is 3. The second-order valence-corrected chi connectivity index (χ2v) is 4.38. The lowest BCUT2D eigenvalue weighted by molar-refractivity contribution is 0.712. The van der Waals surface area contributed by atoms with Crippen LogP contribution in [0.5, 0.6) is 0 Å². The highest BCUT2D eigenvalue weighted by Gasteiger charge is 2.06. The summed E-state index contributed by atoms with van der Waals surface area (Å²) in [6.07, 6.45) is 0.726. The number of rotatable bonds is 3. The third-order valence-corrected chi connectivity index (χ3v) is 3.16. The highest BCUT2D eigenvalue weighted by molar-refractivity contribution is 6.42. The average Bonchev–Trinajstić information content (AvgIpc) is 2.61. The quantitative estimate of drug-likeness (QED) is 0.895. The molecule has 90 valence electrons. The zero-order chi connectivity index (χ0) is 12.4. The molecule has 0 saturated carbocycles. The highest BCUT2D eigenvalue weighted by Crippen LogP contribution is 2.23. The number of hydrogen-bond acceptors (Lipinski definition) is 4. The van der Waals surface area contributed by atoms with E-state index >= 15 is 0 Å². The van der Waals surface area contributed by atoms with Crippen molar-refractivity contribution in [2.24, 2.45) is 0 Å². The van der Waals surface area contributed by atoms with Gasteiger partial charge in [-0.3, -0.25) is 4.57 Å². The molecule has 0 aliphatic rings. The van der Waals surface area contributed by atoms with Gasteiger partial charge in [-0.15, -0.1) is 10.2 Å². The second-order valence-electron chi connectivity index (χ2n) is 3.57. The van der Waals surface area contributed by atoms with Gasteiger partial charge in [0.25, 0.3) is 0 Å². The molecule has 2 rings (SSSR count). The molecule has 0 saturated heterocycles. The number of anilines is 2. The third-order valence-electron chi connectivity index (χ3n) is 2.42. The minimum absolute atomic E-state index is 0.308. The zero-order valence-electron chi connectivity index (χ0n) is 8.90. The van der Waals surface area contributed by atoms with Crippen LogP contribution in [0.3, 0.4) is 0 Å². The van der Waals surface area contributed by atoms with Gasteiger partial charge in [0.1, 0.15) is 0 Å². The molecule has 0 bridgehead atoms. The van der Waals surface area contributed by atoms with Crippen molar-refractivity contribution in [1.29, 1.82) is 0 Å². The number of hydrogen-bond donors (Lipinski definition) is 2. The Hall–Kier alpha value is -1.46. The third kappa shape index (κ3) is 2.62. The van der Waals surface area contributed by atoms with Crippen molar-refractivity contribution in [3.8, 4) is 0 Å². The Bertz CT molecular complexity index is 518. The first-order valence-corrected chi connectivity index (χ1v) is 5.71. The Kier molecular flexibility index (Phi) is 3.40. The fourth-order valence-electron chi connectivity index (χ4n) is 1.49. The molecular weight excluding hydrogens is 261 g/mol. The van der Waals surface area contributed by atoms with E-state index in [1.807, 2.05) is 12.1 Å². The van der Waals surface area contributed by atoms with Crippen LogP contribution in [-0.2, 0) is 13.0 Å². The Balaban J connectivity index is 2.10. The summed E-state index contributed by atoms with van der Waals surface area (Å²) >= 11 is 11.8. The average molecular weight is 272 g/mol. The second kappa shape index (κ2) is 4.81. The van der Waals surface area contributed by atoms with Gasteiger partial charge >= 0.3 is 0 Å². The Morgan fingerprint density at radius 2 is 1.71 bits per heavy atom. The molecule has 1 aromatic carbocycles. The van der Waals surface area contributed by atoms with Crippen LogP contribution in [0.1, 0.15) is 5.56 Å². The lowest BCUT2D eigenvalue weighted by atomic mass is 10.1. The van der Waals surface area contributed by atoms with Gasteiger partial charge in [-0.25, -0.2) is 0 Å². The number of aryl methyl sites for hydroxylation is 1. The molecule has 0 amide bonds. The number of halogens is 2. The number of nitrogens with two attached hydrogens (primary N) is 2. The van der Waals surface area contributed by atoms with E-state index in [1.165, 1.54) is 0 Å². The maximum Gasteiger partial charge on any atom is 0.223 e. The Labute approximate surface area is 108 Å². The molecule has 7 heteroatoms. The zero-order valence-corrected chi connectivity index (χ0v) is 10.4. The van der Waals surface area contributed by atoms with Gasteiger partial charge in [-0.2, -0.15) is 0 Å². The summed E-state index contributed by atoms with van der Waals surface area (Å²) in [5.74, 6) is 0.616. The van der Waals surface area contributed by atoms with Crippen LogP contribution in [0, 0.1) is 0 Å². The van der Waals surface area contributed by atoms with E-state index in [1.54, 1.807) is 10.6 Å². The first-order valence-electron chi connectivity index (χ1n) is 4.96. The fourth-order valence-corrected chi connectivity index (χ4v) is 1.81. The van der Waals surface area contributed by atoms with E-state index in [4.69, 9.17) is 34.7 Å². The first-order chi connectivity index (χ1) is 8.08. The smallest absolute Gasteiger partial charge is 0.223 e. The normalized spacial score (nSPS) is 10.7. The summed E-state index contributed by atoms with van der Waals surface area (Å²) in [5, 5.41) is 8.43. The standard InChI is InChI=1S/C10H11Cl2N5/c11-7-2-1-6(5-8(7)12)3-4-17-9(13)15-16-10(17)14/h1-2,5H,3-4H2,(H2,13,15)(H2,14,16). The number of nitrogen functional groups attached to an aromatic ring is 2. The largest absolute Gasteiger partial charge is 0.368 e. The van der Waals surface area contributed by atoms with Crippen molar-refractivity contribution in [2.75, 3.05) is 11.5 Å². The van der Waals surface area contributed by atoms with E-state index in [0.717, 1.165) is 12.0 Å². The maximum absolute atomic E-state index is 5.92. The highest BCUT2D eigenvalue weighted by atomic mass is 35.5. The number of aromatic nitrogens is 3. The lowest BCUT2D eigenvalue weighted by Crippen LogP contribution is -2.08. The van der Waals surface area contributed by atoms with Crippen LogP contribution in [-0.4, -0.2) is 14.8 Å². The minimum atomic E-state index is 0.308. The van der Waals surface area contributed by atoms with Gasteiger partial charge in [0.05, 0.1) is 10.0 Å². The predicted molar refractivity (Wildman–Crippen MR) is 69.0 cm³/mol.